The molecule has 0 amide bonds. The fourth-order valence-corrected chi connectivity index (χ4v) is 1.71. The Hall–Kier alpha value is -1.28. The zero-order valence-electron chi connectivity index (χ0n) is 7.83. The summed E-state index contributed by atoms with van der Waals surface area (Å²) in [5.74, 6) is 0. The molecule has 2 rings (SSSR count). The smallest absolute Gasteiger partial charge is 0.0705 e. The van der Waals surface area contributed by atoms with E-state index in [9.17, 15) is 5.11 Å². The van der Waals surface area contributed by atoms with Crippen LogP contribution in [0.15, 0.2) is 18.2 Å². The van der Waals surface area contributed by atoms with Crippen molar-refractivity contribution in [1.29, 1.82) is 0 Å². The Morgan fingerprint density at radius 1 is 1.54 bits per heavy atom. The molecule has 2 heteroatoms. The average molecular weight is 174 g/mol. The van der Waals surface area contributed by atoms with E-state index in [1.807, 2.05) is 32.2 Å². The fourth-order valence-electron chi connectivity index (χ4n) is 1.71. The second-order valence-corrected chi connectivity index (χ2v) is 3.21. The Morgan fingerprint density at radius 3 is 3.00 bits per heavy atom. The Kier molecular flexibility index (Phi) is 1.85. The standard InChI is InChI=1S/C11H12NO/c1-8-10(7-13)9-5-3-4-6-11(9)12(8)2/h3-4,6,13H,7H2,1-2H3. The number of aliphatic hydroxyl groups excluding tert-OH is 1. The van der Waals surface area contributed by atoms with Crippen molar-refractivity contribution in [3.8, 4) is 0 Å². The lowest BCUT2D eigenvalue weighted by Gasteiger charge is -1.97. The molecular weight excluding hydrogens is 162 g/mol. The molecule has 0 spiro atoms. The van der Waals surface area contributed by atoms with Crippen LogP contribution in [0.1, 0.15) is 11.3 Å². The number of aliphatic hydroxyl groups is 1. The van der Waals surface area contributed by atoms with Crippen LogP contribution in [-0.4, -0.2) is 9.67 Å². The number of aryl methyl sites for hydroxylation is 1. The summed E-state index contributed by atoms with van der Waals surface area (Å²) >= 11 is 0. The topological polar surface area (TPSA) is 25.2 Å². The van der Waals surface area contributed by atoms with Crippen LogP contribution in [0.2, 0.25) is 0 Å². The van der Waals surface area contributed by atoms with E-state index in [2.05, 4.69) is 10.6 Å². The first-order chi connectivity index (χ1) is 6.25. The quantitative estimate of drug-likeness (QED) is 0.700. The van der Waals surface area contributed by atoms with Gasteiger partial charge in [-0.2, -0.15) is 0 Å². The fraction of sp³-hybridized carbons (Fsp3) is 0.273. The lowest BCUT2D eigenvalue weighted by molar-refractivity contribution is 0.282. The van der Waals surface area contributed by atoms with Gasteiger partial charge in [0.05, 0.1) is 6.61 Å². The highest BCUT2D eigenvalue weighted by Crippen LogP contribution is 2.23. The van der Waals surface area contributed by atoms with E-state index in [1.54, 1.807) is 0 Å². The van der Waals surface area contributed by atoms with E-state index < -0.39 is 0 Å². The van der Waals surface area contributed by atoms with Crippen LogP contribution in [0.5, 0.6) is 0 Å². The first-order valence-electron chi connectivity index (χ1n) is 4.31. The number of hydrogen-bond acceptors (Lipinski definition) is 1. The molecule has 0 fully saturated rings. The molecule has 0 aliphatic heterocycles. The molecule has 1 aromatic heterocycles. The predicted molar refractivity (Wildman–Crippen MR) is 52.4 cm³/mol. The minimum atomic E-state index is 0.0870. The van der Waals surface area contributed by atoms with Gasteiger partial charge in [-0.3, -0.25) is 0 Å². The van der Waals surface area contributed by atoms with Crippen molar-refractivity contribution < 1.29 is 5.11 Å². The van der Waals surface area contributed by atoms with Gasteiger partial charge in [-0.05, 0) is 19.1 Å². The average Bonchev–Trinajstić information content (AvgIpc) is 2.41. The molecule has 1 radical (unpaired) electrons. The molecule has 0 aliphatic carbocycles. The van der Waals surface area contributed by atoms with Crippen molar-refractivity contribution in [2.75, 3.05) is 0 Å². The minimum Gasteiger partial charge on any atom is -0.392 e. The summed E-state index contributed by atoms with van der Waals surface area (Å²) < 4.78 is 2.08. The molecule has 0 unspecified atom stereocenters. The number of rotatable bonds is 1. The Bertz CT molecular complexity index is 443. The van der Waals surface area contributed by atoms with Crippen LogP contribution in [0.4, 0.5) is 0 Å². The van der Waals surface area contributed by atoms with Gasteiger partial charge >= 0.3 is 0 Å². The molecule has 0 atom stereocenters. The zero-order valence-corrected chi connectivity index (χ0v) is 7.83. The number of nitrogens with zero attached hydrogens (tertiary/aromatic N) is 1. The van der Waals surface area contributed by atoms with Gasteiger partial charge in [0, 0.05) is 29.2 Å². The van der Waals surface area contributed by atoms with E-state index in [4.69, 9.17) is 0 Å². The summed E-state index contributed by atoms with van der Waals surface area (Å²) in [6.07, 6.45) is 0. The van der Waals surface area contributed by atoms with E-state index >= 15 is 0 Å². The molecule has 0 aliphatic rings. The van der Waals surface area contributed by atoms with Crippen molar-refractivity contribution in [2.45, 2.75) is 13.5 Å². The van der Waals surface area contributed by atoms with Gasteiger partial charge in [0.1, 0.15) is 0 Å². The second-order valence-electron chi connectivity index (χ2n) is 3.21. The minimum absolute atomic E-state index is 0.0870. The molecule has 0 saturated heterocycles. The van der Waals surface area contributed by atoms with Crippen molar-refractivity contribution in [2.24, 2.45) is 7.05 Å². The Morgan fingerprint density at radius 2 is 2.31 bits per heavy atom. The summed E-state index contributed by atoms with van der Waals surface area (Å²) in [7, 11) is 2.00. The molecule has 0 bridgehead atoms. The summed E-state index contributed by atoms with van der Waals surface area (Å²) in [6.45, 7) is 2.10. The zero-order chi connectivity index (χ0) is 9.42. The lowest BCUT2D eigenvalue weighted by atomic mass is 10.1. The van der Waals surface area contributed by atoms with Gasteiger partial charge in [0.25, 0.3) is 0 Å². The summed E-state index contributed by atoms with van der Waals surface area (Å²) in [5.41, 5.74) is 3.22. The van der Waals surface area contributed by atoms with Gasteiger partial charge < -0.3 is 9.67 Å². The maximum absolute atomic E-state index is 9.20. The normalized spacial score (nSPS) is 11.0. The van der Waals surface area contributed by atoms with Crippen molar-refractivity contribution in [1.82, 2.24) is 4.57 Å². The maximum Gasteiger partial charge on any atom is 0.0705 e. The third kappa shape index (κ3) is 1.06. The molecule has 67 valence electrons. The second kappa shape index (κ2) is 2.89. The third-order valence-corrected chi connectivity index (χ3v) is 2.60. The van der Waals surface area contributed by atoms with Crippen molar-refractivity contribution in [3.05, 3.63) is 35.5 Å². The third-order valence-electron chi connectivity index (χ3n) is 2.60. The molecule has 2 nitrogen and oxygen atoms in total. The number of fused-ring (bicyclic) bond motifs is 1. The highest BCUT2D eigenvalue weighted by molar-refractivity contribution is 5.84. The highest BCUT2D eigenvalue weighted by Gasteiger charge is 2.09. The van der Waals surface area contributed by atoms with Gasteiger partial charge in [-0.25, -0.2) is 0 Å². The molecule has 1 heterocycles. The van der Waals surface area contributed by atoms with E-state index in [1.165, 1.54) is 0 Å². The van der Waals surface area contributed by atoms with Gasteiger partial charge in [0.15, 0.2) is 0 Å². The number of aromatic nitrogens is 1. The molecule has 13 heavy (non-hydrogen) atoms. The maximum atomic E-state index is 9.20. The van der Waals surface area contributed by atoms with Crippen LogP contribution in [0, 0.1) is 13.0 Å². The van der Waals surface area contributed by atoms with E-state index in [0.29, 0.717) is 0 Å². The lowest BCUT2D eigenvalue weighted by Crippen LogP contribution is -1.91. The number of hydrogen-bond donors (Lipinski definition) is 1. The summed E-state index contributed by atoms with van der Waals surface area (Å²) in [6, 6.07) is 9.03. The van der Waals surface area contributed by atoms with Crippen LogP contribution < -0.4 is 0 Å². The van der Waals surface area contributed by atoms with Gasteiger partial charge in [-0.15, -0.1) is 0 Å². The predicted octanol–water partition coefficient (Wildman–Crippen LogP) is 1.78. The van der Waals surface area contributed by atoms with Crippen LogP contribution in [-0.2, 0) is 13.7 Å². The van der Waals surface area contributed by atoms with E-state index in [-0.39, 0.29) is 6.61 Å². The summed E-state index contributed by atoms with van der Waals surface area (Å²) in [5, 5.41) is 10.2. The molecule has 0 saturated carbocycles. The van der Waals surface area contributed by atoms with Crippen molar-refractivity contribution in [3.63, 3.8) is 0 Å². The molecular formula is C11H12NO. The number of benzene rings is 1. The van der Waals surface area contributed by atoms with Crippen LogP contribution >= 0.6 is 0 Å². The summed E-state index contributed by atoms with van der Waals surface area (Å²) in [4.78, 5) is 0. The molecule has 1 N–H and O–H groups in total. The first-order valence-corrected chi connectivity index (χ1v) is 4.31. The van der Waals surface area contributed by atoms with Gasteiger partial charge in [-0.1, -0.05) is 12.1 Å². The first kappa shape index (κ1) is 8.32. The highest BCUT2D eigenvalue weighted by atomic mass is 16.3. The Balaban J connectivity index is 2.90. The SMILES string of the molecule is Cc1c(CO)c2[c]cccc2n1C. The molecule has 2 aromatic rings. The van der Waals surface area contributed by atoms with E-state index in [0.717, 1.165) is 22.2 Å². The van der Waals surface area contributed by atoms with Crippen LogP contribution in [0.3, 0.4) is 0 Å². The molecule has 1 aromatic carbocycles. The monoisotopic (exact) mass is 174 g/mol. The Labute approximate surface area is 77.4 Å². The van der Waals surface area contributed by atoms with Crippen LogP contribution in [0.25, 0.3) is 10.9 Å². The van der Waals surface area contributed by atoms with Crippen molar-refractivity contribution >= 4 is 10.9 Å². The van der Waals surface area contributed by atoms with Gasteiger partial charge in [0.2, 0.25) is 0 Å². The largest absolute Gasteiger partial charge is 0.392 e.